The van der Waals surface area contributed by atoms with Gasteiger partial charge in [0.25, 0.3) is 0 Å². The molecule has 4 aromatic rings. The predicted molar refractivity (Wildman–Crippen MR) is 124 cm³/mol. The highest BCUT2D eigenvalue weighted by atomic mass is 32.2. The molecule has 3 heterocycles. The van der Waals surface area contributed by atoms with E-state index in [-0.39, 0.29) is 11.7 Å². The van der Waals surface area contributed by atoms with Crippen molar-refractivity contribution in [2.45, 2.75) is 24.9 Å². The summed E-state index contributed by atoms with van der Waals surface area (Å²) in [5.74, 6) is 1.42. The van der Waals surface area contributed by atoms with E-state index in [4.69, 9.17) is 0 Å². The van der Waals surface area contributed by atoms with E-state index >= 15 is 0 Å². The standard InChI is InChI=1S/C24H24FN5OS/c1-16-10-12-29(13-11-16)22(31)15-32-24-28-27-23(30(24)18-8-6-17(25)7-9-18)20-14-26-21-5-3-2-4-19(20)21/h2-9,14,16,26H,10-13,15H2,1H3. The maximum atomic E-state index is 13.6. The number of halogens is 1. The first-order valence-corrected chi connectivity index (χ1v) is 11.8. The summed E-state index contributed by atoms with van der Waals surface area (Å²) < 4.78 is 15.5. The highest BCUT2D eigenvalue weighted by molar-refractivity contribution is 7.99. The smallest absolute Gasteiger partial charge is 0.233 e. The molecule has 2 aromatic carbocycles. The minimum Gasteiger partial charge on any atom is -0.360 e. The van der Waals surface area contributed by atoms with Gasteiger partial charge in [0.2, 0.25) is 5.91 Å². The van der Waals surface area contributed by atoms with Crippen LogP contribution in [0.3, 0.4) is 0 Å². The van der Waals surface area contributed by atoms with Crippen LogP contribution in [-0.4, -0.2) is 49.4 Å². The second-order valence-electron chi connectivity index (χ2n) is 8.22. The number of carbonyl (C=O) groups is 1. The van der Waals surface area contributed by atoms with Gasteiger partial charge in [-0.15, -0.1) is 10.2 Å². The first kappa shape index (κ1) is 20.8. The van der Waals surface area contributed by atoms with Crippen molar-refractivity contribution in [2.75, 3.05) is 18.8 Å². The van der Waals surface area contributed by atoms with Crippen LogP contribution < -0.4 is 0 Å². The number of para-hydroxylation sites is 1. The normalized spacial score (nSPS) is 14.9. The van der Waals surface area contributed by atoms with Gasteiger partial charge in [-0.3, -0.25) is 9.36 Å². The van der Waals surface area contributed by atoms with E-state index in [1.165, 1.54) is 23.9 Å². The highest BCUT2D eigenvalue weighted by Gasteiger charge is 2.23. The van der Waals surface area contributed by atoms with E-state index in [2.05, 4.69) is 22.1 Å². The first-order valence-electron chi connectivity index (χ1n) is 10.8. The molecule has 1 N–H and O–H groups in total. The van der Waals surface area contributed by atoms with Crippen molar-refractivity contribution in [3.8, 4) is 17.1 Å². The number of thioether (sulfide) groups is 1. The number of benzene rings is 2. The molecule has 6 nitrogen and oxygen atoms in total. The van der Waals surface area contributed by atoms with Gasteiger partial charge in [-0.2, -0.15) is 0 Å². The quantitative estimate of drug-likeness (QED) is 0.440. The van der Waals surface area contributed by atoms with Crippen LogP contribution in [0.15, 0.2) is 59.9 Å². The van der Waals surface area contributed by atoms with Gasteiger partial charge < -0.3 is 9.88 Å². The average molecular weight is 450 g/mol. The van der Waals surface area contributed by atoms with Crippen molar-refractivity contribution in [3.63, 3.8) is 0 Å². The van der Waals surface area contributed by atoms with Crippen LogP contribution in [0.25, 0.3) is 28.0 Å². The van der Waals surface area contributed by atoms with Crippen LogP contribution in [0.4, 0.5) is 4.39 Å². The van der Waals surface area contributed by atoms with Crippen molar-refractivity contribution in [1.29, 1.82) is 0 Å². The zero-order valence-electron chi connectivity index (χ0n) is 17.8. The second kappa shape index (κ2) is 8.78. The van der Waals surface area contributed by atoms with E-state index in [0.29, 0.717) is 22.7 Å². The van der Waals surface area contributed by atoms with Gasteiger partial charge in [0, 0.05) is 41.4 Å². The lowest BCUT2D eigenvalue weighted by Crippen LogP contribution is -2.38. The molecule has 1 amide bonds. The van der Waals surface area contributed by atoms with Gasteiger partial charge in [0.1, 0.15) is 5.82 Å². The number of rotatable bonds is 5. The van der Waals surface area contributed by atoms with Crippen LogP contribution in [-0.2, 0) is 4.79 Å². The fourth-order valence-electron chi connectivity index (χ4n) is 4.09. The Hall–Kier alpha value is -3.13. The molecule has 0 saturated carbocycles. The number of hydrogen-bond acceptors (Lipinski definition) is 4. The number of amides is 1. The summed E-state index contributed by atoms with van der Waals surface area (Å²) in [6, 6.07) is 14.2. The minimum atomic E-state index is -0.306. The monoisotopic (exact) mass is 449 g/mol. The van der Waals surface area contributed by atoms with Crippen LogP contribution in [0.2, 0.25) is 0 Å². The van der Waals surface area contributed by atoms with E-state index in [1.54, 1.807) is 12.1 Å². The molecular formula is C24H24FN5OS. The molecule has 0 aliphatic carbocycles. The van der Waals surface area contributed by atoms with E-state index in [0.717, 1.165) is 48.1 Å². The zero-order chi connectivity index (χ0) is 22.1. The van der Waals surface area contributed by atoms with Gasteiger partial charge in [0.05, 0.1) is 5.75 Å². The maximum Gasteiger partial charge on any atom is 0.233 e. The topological polar surface area (TPSA) is 66.8 Å². The predicted octanol–water partition coefficient (Wildman–Crippen LogP) is 4.91. The van der Waals surface area contributed by atoms with Gasteiger partial charge >= 0.3 is 0 Å². The third-order valence-electron chi connectivity index (χ3n) is 6.01. The molecule has 1 fully saturated rings. The zero-order valence-corrected chi connectivity index (χ0v) is 18.6. The second-order valence-corrected chi connectivity index (χ2v) is 9.16. The summed E-state index contributed by atoms with van der Waals surface area (Å²) in [6.45, 7) is 3.85. The molecule has 5 rings (SSSR count). The van der Waals surface area contributed by atoms with E-state index in [9.17, 15) is 9.18 Å². The maximum absolute atomic E-state index is 13.6. The Morgan fingerprint density at radius 1 is 1.12 bits per heavy atom. The Labute approximate surface area is 189 Å². The van der Waals surface area contributed by atoms with Crippen LogP contribution in [0.5, 0.6) is 0 Å². The minimum absolute atomic E-state index is 0.115. The number of hydrogen-bond donors (Lipinski definition) is 1. The lowest BCUT2D eigenvalue weighted by Gasteiger charge is -2.30. The largest absolute Gasteiger partial charge is 0.360 e. The van der Waals surface area contributed by atoms with Crippen molar-refractivity contribution in [3.05, 3.63) is 60.5 Å². The molecule has 1 saturated heterocycles. The Bertz CT molecular complexity index is 1240. The molecule has 0 radical (unpaired) electrons. The Balaban J connectivity index is 1.48. The number of piperidine rings is 1. The fraction of sp³-hybridized carbons (Fsp3) is 0.292. The molecule has 0 unspecified atom stereocenters. The van der Waals surface area contributed by atoms with Crippen LogP contribution >= 0.6 is 11.8 Å². The van der Waals surface area contributed by atoms with Gasteiger partial charge in [0.15, 0.2) is 11.0 Å². The third kappa shape index (κ3) is 4.02. The molecular weight excluding hydrogens is 425 g/mol. The third-order valence-corrected chi connectivity index (χ3v) is 6.92. The summed E-state index contributed by atoms with van der Waals surface area (Å²) in [7, 11) is 0. The van der Waals surface area contributed by atoms with Gasteiger partial charge in [-0.25, -0.2) is 4.39 Å². The lowest BCUT2D eigenvalue weighted by atomic mass is 9.99. The van der Waals surface area contributed by atoms with Crippen molar-refractivity contribution < 1.29 is 9.18 Å². The average Bonchev–Trinajstić information content (AvgIpc) is 3.42. The fourth-order valence-corrected chi connectivity index (χ4v) is 4.95. The lowest BCUT2D eigenvalue weighted by molar-refractivity contribution is -0.129. The SMILES string of the molecule is CC1CCN(C(=O)CSc2nnc(-c3c[nH]c4ccccc34)n2-c2ccc(F)cc2)CC1. The number of fused-ring (bicyclic) bond motifs is 1. The van der Waals surface area contributed by atoms with Crippen molar-refractivity contribution >= 4 is 28.6 Å². The van der Waals surface area contributed by atoms with Crippen LogP contribution in [0, 0.1) is 11.7 Å². The van der Waals surface area contributed by atoms with Crippen LogP contribution in [0.1, 0.15) is 19.8 Å². The summed E-state index contributed by atoms with van der Waals surface area (Å²) in [6.07, 6.45) is 4.00. The molecule has 0 bridgehead atoms. The molecule has 1 aliphatic rings. The van der Waals surface area contributed by atoms with E-state index < -0.39 is 0 Å². The Morgan fingerprint density at radius 2 is 1.88 bits per heavy atom. The molecule has 0 spiro atoms. The highest BCUT2D eigenvalue weighted by Crippen LogP contribution is 2.32. The van der Waals surface area contributed by atoms with Crippen molar-refractivity contribution in [2.24, 2.45) is 5.92 Å². The number of aromatic nitrogens is 4. The van der Waals surface area contributed by atoms with Gasteiger partial charge in [-0.05, 0) is 49.1 Å². The molecule has 32 heavy (non-hydrogen) atoms. The molecule has 2 aromatic heterocycles. The first-order chi connectivity index (χ1) is 15.6. The molecule has 8 heteroatoms. The summed E-state index contributed by atoms with van der Waals surface area (Å²) in [4.78, 5) is 18.0. The molecule has 164 valence electrons. The number of nitrogens with one attached hydrogen (secondary N) is 1. The Morgan fingerprint density at radius 3 is 2.66 bits per heavy atom. The number of aromatic amines is 1. The Kier molecular flexibility index (Phi) is 5.70. The van der Waals surface area contributed by atoms with Gasteiger partial charge in [-0.1, -0.05) is 36.9 Å². The van der Waals surface area contributed by atoms with E-state index in [1.807, 2.05) is 39.9 Å². The number of carbonyl (C=O) groups excluding carboxylic acids is 1. The number of H-pyrrole nitrogens is 1. The summed E-state index contributed by atoms with van der Waals surface area (Å²) in [5, 5.41) is 10.5. The molecule has 0 atom stereocenters. The summed E-state index contributed by atoms with van der Waals surface area (Å²) >= 11 is 1.37. The summed E-state index contributed by atoms with van der Waals surface area (Å²) in [5.41, 5.74) is 2.65. The molecule has 1 aliphatic heterocycles. The number of likely N-dealkylation sites (tertiary alicyclic amines) is 1. The number of nitrogens with zero attached hydrogens (tertiary/aromatic N) is 4. The van der Waals surface area contributed by atoms with Crippen molar-refractivity contribution in [1.82, 2.24) is 24.6 Å².